The van der Waals surface area contributed by atoms with Crippen LogP contribution in [0, 0.1) is 0 Å². The Morgan fingerprint density at radius 2 is 2.18 bits per heavy atom. The lowest BCUT2D eigenvalue weighted by Gasteiger charge is -2.49. The highest BCUT2D eigenvalue weighted by atomic mass is 32.2. The van der Waals surface area contributed by atoms with Gasteiger partial charge in [0.25, 0.3) is 11.8 Å². The number of aromatic nitrogens is 1. The third kappa shape index (κ3) is 4.68. The zero-order chi connectivity index (χ0) is 24.5. The maximum atomic E-state index is 12.9. The van der Waals surface area contributed by atoms with Gasteiger partial charge in [0.1, 0.15) is 29.9 Å². The lowest BCUT2D eigenvalue weighted by molar-refractivity contribution is -0.891. The number of anilines is 1. The van der Waals surface area contributed by atoms with Crippen molar-refractivity contribution in [2.45, 2.75) is 24.3 Å². The Kier molecular flexibility index (Phi) is 6.96. The van der Waals surface area contributed by atoms with Gasteiger partial charge in [-0.1, -0.05) is 11.2 Å². The van der Waals surface area contributed by atoms with Gasteiger partial charge in [0.2, 0.25) is 0 Å². The van der Waals surface area contributed by atoms with Crippen molar-refractivity contribution in [1.82, 2.24) is 15.2 Å². The van der Waals surface area contributed by atoms with Crippen LogP contribution in [0.15, 0.2) is 34.0 Å². The van der Waals surface area contributed by atoms with Crippen molar-refractivity contribution in [2.24, 2.45) is 5.16 Å². The van der Waals surface area contributed by atoms with Crippen LogP contribution < -0.4 is 11.1 Å². The number of likely N-dealkylation sites (N-methyl/N-ethyl adjacent to an activating group) is 1. The third-order valence-corrected chi connectivity index (χ3v) is 8.14. The van der Waals surface area contributed by atoms with Gasteiger partial charge in [-0.2, -0.15) is 0 Å². The second-order valence-electron chi connectivity index (χ2n) is 8.59. The number of aliphatic carboxylic acids is 1. The molecule has 34 heavy (non-hydrogen) atoms. The fourth-order valence-electron chi connectivity index (χ4n) is 4.40. The number of thioether (sulfide) groups is 1. The number of thiazole rings is 1. The van der Waals surface area contributed by atoms with Crippen LogP contribution in [-0.2, 0) is 19.2 Å². The number of hydrogen-bond acceptors (Lipinski definition) is 9. The number of fused-ring (bicyclic) bond motifs is 1. The predicted octanol–water partition coefficient (Wildman–Crippen LogP) is 0.611. The molecule has 1 aromatic rings. The number of nitrogens with two attached hydrogens (primary N) is 1. The quantitative estimate of drug-likeness (QED) is 0.201. The molecule has 1 aromatic heterocycles. The summed E-state index contributed by atoms with van der Waals surface area (Å²) in [4.78, 5) is 47.8. The first kappa shape index (κ1) is 24.2. The second kappa shape index (κ2) is 9.76. The minimum atomic E-state index is -1.16. The Morgan fingerprint density at radius 3 is 2.79 bits per heavy atom. The van der Waals surface area contributed by atoms with E-state index in [2.05, 4.69) is 22.5 Å². The molecule has 0 aromatic carbocycles. The highest BCUT2D eigenvalue weighted by Crippen LogP contribution is 2.40. The number of rotatable bonds is 8. The summed E-state index contributed by atoms with van der Waals surface area (Å²) in [6.07, 6.45) is 6.23. The van der Waals surface area contributed by atoms with Crippen LogP contribution in [-0.4, -0.2) is 93.9 Å². The minimum absolute atomic E-state index is 0.0300. The molecule has 3 aliphatic rings. The number of quaternary nitrogens is 1. The summed E-state index contributed by atoms with van der Waals surface area (Å²) in [6.45, 7) is 3.04. The maximum Gasteiger partial charge on any atom is 0.352 e. The van der Waals surface area contributed by atoms with Crippen molar-refractivity contribution >= 4 is 51.7 Å². The van der Waals surface area contributed by atoms with E-state index >= 15 is 0 Å². The second-order valence-corrected chi connectivity index (χ2v) is 10.6. The van der Waals surface area contributed by atoms with E-state index in [1.807, 2.05) is 12.2 Å². The lowest BCUT2D eigenvalue weighted by atomic mass is 10.0. The Bertz CT molecular complexity index is 1090. The largest absolute Gasteiger partial charge is 0.477 e. The van der Waals surface area contributed by atoms with Gasteiger partial charge in [0.15, 0.2) is 10.8 Å². The monoisotopic (exact) mass is 507 g/mol. The van der Waals surface area contributed by atoms with Gasteiger partial charge >= 0.3 is 5.97 Å². The van der Waals surface area contributed by atoms with E-state index in [1.165, 1.54) is 36.6 Å². The number of amides is 2. The van der Waals surface area contributed by atoms with Crippen LogP contribution in [0.1, 0.15) is 18.5 Å². The van der Waals surface area contributed by atoms with E-state index in [-0.39, 0.29) is 22.2 Å². The average Bonchev–Trinajstić information content (AvgIpc) is 3.43. The molecular weight excluding hydrogens is 480 g/mol. The minimum Gasteiger partial charge on any atom is -0.477 e. The van der Waals surface area contributed by atoms with Crippen LogP contribution in [0.5, 0.6) is 0 Å². The maximum absolute atomic E-state index is 12.9. The van der Waals surface area contributed by atoms with Crippen molar-refractivity contribution < 1.29 is 28.8 Å². The number of nitrogen functional groups attached to an aromatic ring is 1. The van der Waals surface area contributed by atoms with Crippen LogP contribution in [0.25, 0.3) is 0 Å². The number of carboxylic acids is 1. The first-order valence-corrected chi connectivity index (χ1v) is 12.7. The molecule has 0 aliphatic carbocycles. The number of β-lactam (4-membered cyclic amide) rings is 1. The van der Waals surface area contributed by atoms with Gasteiger partial charge in [0.05, 0.1) is 26.7 Å². The van der Waals surface area contributed by atoms with Gasteiger partial charge in [-0.25, -0.2) is 9.78 Å². The standard InChI is InChI=1S/C21H26N6O5S2/c1-27(7-3-4-8-27)9-5-6-12-10-33-19-15(18(29)26(19)16(12)20(30)31)24-17(28)14(25-32-2)13-11-34-21(22)23-13/h5-6,11,15,19H,3-4,7-10H2,1-2H3,(H3-,22,23,24,28,30,31)/p+1/b6-5?,25-14-/t15?,19-/m0/s1. The Hall–Kier alpha value is -2.90. The van der Waals surface area contributed by atoms with Crippen LogP contribution in [0.4, 0.5) is 5.13 Å². The molecule has 4 heterocycles. The van der Waals surface area contributed by atoms with E-state index in [4.69, 9.17) is 10.6 Å². The summed E-state index contributed by atoms with van der Waals surface area (Å²) >= 11 is 2.55. The van der Waals surface area contributed by atoms with E-state index in [9.17, 15) is 19.5 Å². The fourth-order valence-corrected chi connectivity index (χ4v) is 6.27. The summed E-state index contributed by atoms with van der Waals surface area (Å²) in [5, 5.41) is 17.5. The fraction of sp³-hybridized carbons (Fsp3) is 0.476. The molecule has 2 saturated heterocycles. The highest BCUT2D eigenvalue weighted by molar-refractivity contribution is 8.00. The molecule has 13 heteroatoms. The van der Waals surface area contributed by atoms with Gasteiger partial charge in [-0.15, -0.1) is 23.1 Å². The van der Waals surface area contributed by atoms with E-state index in [0.29, 0.717) is 11.3 Å². The zero-order valence-electron chi connectivity index (χ0n) is 18.9. The summed E-state index contributed by atoms with van der Waals surface area (Å²) in [7, 11) is 3.49. The SMILES string of the molecule is CO/N=C(\C(=O)NC1C(=O)N2C(C(=O)O)=C(C=CC[N+]3(C)CCCC3)CS[C@@H]12)c1csc(N)n1. The smallest absolute Gasteiger partial charge is 0.352 e. The summed E-state index contributed by atoms with van der Waals surface area (Å²) in [5.74, 6) is -1.88. The first-order chi connectivity index (χ1) is 16.2. The van der Waals surface area contributed by atoms with Crippen LogP contribution in [0.2, 0.25) is 0 Å². The van der Waals surface area contributed by atoms with Crippen LogP contribution >= 0.6 is 23.1 Å². The molecule has 2 atom stereocenters. The van der Waals surface area contributed by atoms with Crippen molar-refractivity contribution in [2.75, 3.05) is 45.3 Å². The number of oxime groups is 1. The van der Waals surface area contributed by atoms with E-state index in [1.54, 1.807) is 5.38 Å². The number of carboxylic acid groups (broad SMARTS) is 1. The molecule has 2 fully saturated rings. The molecule has 4 N–H and O–H groups in total. The Labute approximate surface area is 204 Å². The van der Waals surface area contributed by atoms with Crippen molar-refractivity contribution in [1.29, 1.82) is 0 Å². The summed E-state index contributed by atoms with van der Waals surface area (Å²) < 4.78 is 0.939. The molecule has 2 amide bonds. The Morgan fingerprint density at radius 1 is 1.44 bits per heavy atom. The first-order valence-electron chi connectivity index (χ1n) is 10.8. The van der Waals surface area contributed by atoms with E-state index in [0.717, 1.165) is 35.5 Å². The number of hydrogen-bond donors (Lipinski definition) is 3. The molecule has 0 bridgehead atoms. The molecule has 4 rings (SSSR count). The average molecular weight is 508 g/mol. The van der Waals surface area contributed by atoms with Crippen LogP contribution in [0.3, 0.4) is 0 Å². The van der Waals surface area contributed by atoms with Gasteiger partial charge in [-0.05, 0) is 11.6 Å². The number of likely N-dealkylation sites (tertiary alicyclic amines) is 1. The highest BCUT2D eigenvalue weighted by Gasteiger charge is 2.54. The number of carbonyl (C=O) groups excluding carboxylic acids is 2. The topological polar surface area (TPSA) is 147 Å². The van der Waals surface area contributed by atoms with Crippen molar-refractivity contribution in [3.05, 3.63) is 34.5 Å². The van der Waals surface area contributed by atoms with E-state index < -0.39 is 29.2 Å². The number of carbonyl (C=O) groups is 3. The molecule has 11 nitrogen and oxygen atoms in total. The number of nitrogens with one attached hydrogen (secondary N) is 1. The van der Waals surface area contributed by atoms with Crippen molar-refractivity contribution in [3.8, 4) is 0 Å². The van der Waals surface area contributed by atoms with Gasteiger partial charge in [-0.3, -0.25) is 14.5 Å². The molecule has 0 spiro atoms. The third-order valence-electron chi connectivity index (χ3n) is 6.16. The lowest BCUT2D eigenvalue weighted by Crippen LogP contribution is -2.71. The molecule has 3 aliphatic heterocycles. The molecule has 0 saturated carbocycles. The molecular formula is C21H27N6O5S2+. The van der Waals surface area contributed by atoms with Crippen molar-refractivity contribution in [3.63, 3.8) is 0 Å². The molecule has 182 valence electrons. The predicted molar refractivity (Wildman–Crippen MR) is 129 cm³/mol. The Balaban J connectivity index is 1.48. The number of allylic oxidation sites excluding steroid dienone is 1. The summed E-state index contributed by atoms with van der Waals surface area (Å²) in [6, 6.07) is -0.885. The van der Waals surface area contributed by atoms with Gasteiger partial charge < -0.3 is 25.5 Å². The zero-order valence-corrected chi connectivity index (χ0v) is 20.5. The molecule has 0 radical (unpaired) electrons. The summed E-state index contributed by atoms with van der Waals surface area (Å²) in [5.41, 5.74) is 6.33. The normalized spacial score (nSPS) is 24.2. The van der Waals surface area contributed by atoms with Gasteiger partial charge in [0, 0.05) is 24.0 Å². The number of nitrogens with zero attached hydrogens (tertiary/aromatic N) is 4. The molecule has 1 unspecified atom stereocenters.